The van der Waals surface area contributed by atoms with Gasteiger partial charge in [0.2, 0.25) is 5.91 Å². The van der Waals surface area contributed by atoms with Crippen LogP contribution in [-0.2, 0) is 9.59 Å². The van der Waals surface area contributed by atoms with E-state index in [0.717, 1.165) is 0 Å². The number of hydrogen-bond donors (Lipinski definition) is 2. The van der Waals surface area contributed by atoms with E-state index < -0.39 is 23.5 Å². The second kappa shape index (κ2) is 4.41. The minimum Gasteiger partial charge on any atom is -0.380 e. The molecule has 1 heterocycles. The zero-order valence-corrected chi connectivity index (χ0v) is 10.1. The maximum Gasteiger partial charge on any atom is 0.254 e. The van der Waals surface area contributed by atoms with Crippen LogP contribution >= 0.6 is 0 Å². The van der Waals surface area contributed by atoms with Crippen LogP contribution in [0.2, 0.25) is 0 Å². The molecule has 0 bridgehead atoms. The zero-order valence-electron chi connectivity index (χ0n) is 10.1. The molecule has 0 aromatic heterocycles. The molecular formula is C11H20N2O3. The lowest BCUT2D eigenvalue weighted by molar-refractivity contribution is -0.146. The van der Waals surface area contributed by atoms with E-state index in [-0.39, 0.29) is 5.92 Å². The van der Waals surface area contributed by atoms with Crippen molar-refractivity contribution in [3.05, 3.63) is 0 Å². The van der Waals surface area contributed by atoms with Crippen molar-refractivity contribution >= 4 is 11.8 Å². The van der Waals surface area contributed by atoms with Gasteiger partial charge in [0, 0.05) is 13.0 Å². The van der Waals surface area contributed by atoms with Gasteiger partial charge >= 0.3 is 0 Å². The summed E-state index contributed by atoms with van der Waals surface area (Å²) in [5.74, 6) is -0.618. The van der Waals surface area contributed by atoms with Gasteiger partial charge in [-0.25, -0.2) is 0 Å². The number of rotatable bonds is 4. The van der Waals surface area contributed by atoms with Gasteiger partial charge in [0.05, 0.1) is 0 Å². The molecule has 1 saturated heterocycles. The summed E-state index contributed by atoms with van der Waals surface area (Å²) in [4.78, 5) is 24.6. The van der Waals surface area contributed by atoms with Crippen LogP contribution in [0.4, 0.5) is 0 Å². The standard InChI is InChI=1S/C11H20N2O3/c1-7(2)6-8(9(12)14)13-5-4-11(3,16)10(13)15/h7-8,16H,4-6H2,1-3H3,(H2,12,14). The largest absolute Gasteiger partial charge is 0.380 e. The normalized spacial score (nSPS) is 27.6. The highest BCUT2D eigenvalue weighted by molar-refractivity contribution is 5.92. The van der Waals surface area contributed by atoms with Gasteiger partial charge in [-0.1, -0.05) is 13.8 Å². The van der Waals surface area contributed by atoms with E-state index in [4.69, 9.17) is 5.73 Å². The Balaban J connectivity index is 2.81. The molecule has 1 aliphatic heterocycles. The molecule has 92 valence electrons. The van der Waals surface area contributed by atoms with Crippen molar-refractivity contribution in [2.45, 2.75) is 45.3 Å². The molecule has 2 atom stereocenters. The number of carbonyl (C=O) groups is 2. The Morgan fingerprint density at radius 3 is 2.50 bits per heavy atom. The fourth-order valence-electron chi connectivity index (χ4n) is 2.00. The van der Waals surface area contributed by atoms with Crippen molar-refractivity contribution in [3.63, 3.8) is 0 Å². The maximum atomic E-state index is 11.8. The van der Waals surface area contributed by atoms with Gasteiger partial charge in [-0.3, -0.25) is 9.59 Å². The van der Waals surface area contributed by atoms with Crippen molar-refractivity contribution in [2.75, 3.05) is 6.54 Å². The average molecular weight is 228 g/mol. The number of amides is 2. The van der Waals surface area contributed by atoms with Crippen LogP contribution in [0.5, 0.6) is 0 Å². The Kier molecular flexibility index (Phi) is 3.57. The van der Waals surface area contributed by atoms with E-state index in [0.29, 0.717) is 19.4 Å². The summed E-state index contributed by atoms with van der Waals surface area (Å²) in [7, 11) is 0. The molecule has 1 rings (SSSR count). The molecular weight excluding hydrogens is 208 g/mol. The second-order valence-corrected chi connectivity index (χ2v) is 5.07. The third-order valence-electron chi connectivity index (χ3n) is 2.96. The number of hydrogen-bond acceptors (Lipinski definition) is 3. The number of likely N-dealkylation sites (tertiary alicyclic amines) is 1. The molecule has 2 unspecified atom stereocenters. The Morgan fingerprint density at radius 2 is 2.19 bits per heavy atom. The van der Waals surface area contributed by atoms with Crippen LogP contribution < -0.4 is 5.73 Å². The average Bonchev–Trinajstić information content (AvgIpc) is 2.39. The number of primary amides is 1. The van der Waals surface area contributed by atoms with Crippen molar-refractivity contribution in [1.29, 1.82) is 0 Å². The molecule has 1 aliphatic rings. The number of nitrogens with zero attached hydrogens (tertiary/aromatic N) is 1. The Bertz CT molecular complexity index is 300. The molecule has 3 N–H and O–H groups in total. The summed E-state index contributed by atoms with van der Waals surface area (Å²) in [6.45, 7) is 5.80. The van der Waals surface area contributed by atoms with E-state index in [2.05, 4.69) is 0 Å². The van der Waals surface area contributed by atoms with Gasteiger partial charge in [-0.05, 0) is 19.3 Å². The molecule has 0 aliphatic carbocycles. The quantitative estimate of drug-likeness (QED) is 0.703. The number of carbonyl (C=O) groups excluding carboxylic acids is 2. The summed E-state index contributed by atoms with van der Waals surface area (Å²) in [5, 5.41) is 9.75. The van der Waals surface area contributed by atoms with Crippen LogP contribution in [0.25, 0.3) is 0 Å². The second-order valence-electron chi connectivity index (χ2n) is 5.07. The van der Waals surface area contributed by atoms with Gasteiger partial charge in [0.25, 0.3) is 5.91 Å². The Labute approximate surface area is 95.6 Å². The molecule has 5 heteroatoms. The van der Waals surface area contributed by atoms with Gasteiger partial charge in [0.15, 0.2) is 0 Å². The highest BCUT2D eigenvalue weighted by Gasteiger charge is 2.45. The third kappa shape index (κ3) is 2.52. The molecule has 0 aromatic carbocycles. The van der Waals surface area contributed by atoms with Crippen LogP contribution in [0.3, 0.4) is 0 Å². The number of nitrogens with two attached hydrogens (primary N) is 1. The summed E-state index contributed by atoms with van der Waals surface area (Å²) in [6.07, 6.45) is 0.894. The molecule has 0 aromatic rings. The first kappa shape index (κ1) is 13.0. The van der Waals surface area contributed by atoms with Crippen molar-refractivity contribution in [3.8, 4) is 0 Å². The first-order valence-corrected chi connectivity index (χ1v) is 5.58. The van der Waals surface area contributed by atoms with E-state index in [1.54, 1.807) is 0 Å². The Hall–Kier alpha value is -1.10. The molecule has 0 saturated carbocycles. The lowest BCUT2D eigenvalue weighted by Gasteiger charge is -2.27. The first-order chi connectivity index (χ1) is 7.25. The zero-order chi connectivity index (χ0) is 12.5. The minimum atomic E-state index is -1.34. The van der Waals surface area contributed by atoms with E-state index in [1.165, 1.54) is 11.8 Å². The SMILES string of the molecule is CC(C)CC(C(N)=O)N1CCC(C)(O)C1=O. The number of aliphatic hydroxyl groups is 1. The van der Waals surface area contributed by atoms with Gasteiger partial charge in [-0.15, -0.1) is 0 Å². The predicted octanol–water partition coefficient (Wildman–Crippen LogP) is -0.130. The van der Waals surface area contributed by atoms with Crippen molar-refractivity contribution in [2.24, 2.45) is 11.7 Å². The summed E-state index contributed by atoms with van der Waals surface area (Å²) < 4.78 is 0. The smallest absolute Gasteiger partial charge is 0.254 e. The lowest BCUT2D eigenvalue weighted by atomic mass is 10.0. The fraction of sp³-hybridized carbons (Fsp3) is 0.818. The van der Waals surface area contributed by atoms with Crippen LogP contribution in [-0.4, -0.2) is 40.0 Å². The van der Waals surface area contributed by atoms with Gasteiger partial charge < -0.3 is 15.7 Å². The van der Waals surface area contributed by atoms with Crippen LogP contribution in [0.15, 0.2) is 0 Å². The third-order valence-corrected chi connectivity index (χ3v) is 2.96. The minimum absolute atomic E-state index is 0.274. The van der Waals surface area contributed by atoms with E-state index >= 15 is 0 Å². The molecule has 16 heavy (non-hydrogen) atoms. The summed E-state index contributed by atoms with van der Waals surface area (Å²) >= 11 is 0. The van der Waals surface area contributed by atoms with E-state index in [9.17, 15) is 14.7 Å². The molecule has 5 nitrogen and oxygen atoms in total. The van der Waals surface area contributed by atoms with Gasteiger partial charge in [-0.2, -0.15) is 0 Å². The lowest BCUT2D eigenvalue weighted by Crippen LogP contribution is -2.49. The Morgan fingerprint density at radius 1 is 1.62 bits per heavy atom. The molecule has 2 amide bonds. The molecule has 0 radical (unpaired) electrons. The van der Waals surface area contributed by atoms with Crippen LogP contribution in [0, 0.1) is 5.92 Å². The van der Waals surface area contributed by atoms with Crippen LogP contribution in [0.1, 0.15) is 33.6 Å². The van der Waals surface area contributed by atoms with Crippen molar-refractivity contribution < 1.29 is 14.7 Å². The topological polar surface area (TPSA) is 83.6 Å². The first-order valence-electron chi connectivity index (χ1n) is 5.58. The summed E-state index contributed by atoms with van der Waals surface area (Å²) in [6, 6.07) is -0.596. The molecule has 0 spiro atoms. The summed E-state index contributed by atoms with van der Waals surface area (Å²) in [5.41, 5.74) is 3.96. The predicted molar refractivity (Wildman–Crippen MR) is 59.4 cm³/mol. The highest BCUT2D eigenvalue weighted by atomic mass is 16.3. The maximum absolute atomic E-state index is 11.8. The van der Waals surface area contributed by atoms with Crippen molar-refractivity contribution in [1.82, 2.24) is 4.90 Å². The fourth-order valence-corrected chi connectivity index (χ4v) is 2.00. The highest BCUT2D eigenvalue weighted by Crippen LogP contribution is 2.26. The van der Waals surface area contributed by atoms with Gasteiger partial charge in [0.1, 0.15) is 11.6 Å². The molecule has 1 fully saturated rings. The van der Waals surface area contributed by atoms with E-state index in [1.807, 2.05) is 13.8 Å². The monoisotopic (exact) mass is 228 g/mol.